The summed E-state index contributed by atoms with van der Waals surface area (Å²) in [6, 6.07) is 2.55. The van der Waals surface area contributed by atoms with E-state index in [9.17, 15) is 14.0 Å². The summed E-state index contributed by atoms with van der Waals surface area (Å²) in [5, 5.41) is 2.51. The van der Waals surface area contributed by atoms with E-state index in [1.54, 1.807) is 14.0 Å². The largest absolute Gasteiger partial charge is 0.307 e. The summed E-state index contributed by atoms with van der Waals surface area (Å²) >= 11 is 0.865. The van der Waals surface area contributed by atoms with Gasteiger partial charge in [-0.3, -0.25) is 9.59 Å². The van der Waals surface area contributed by atoms with Gasteiger partial charge in [-0.15, -0.1) is 0 Å². The third kappa shape index (κ3) is 2.30. The van der Waals surface area contributed by atoms with Crippen LogP contribution >= 0.6 is 11.3 Å². The van der Waals surface area contributed by atoms with Gasteiger partial charge in [0.15, 0.2) is 0 Å². The van der Waals surface area contributed by atoms with Gasteiger partial charge in [0.1, 0.15) is 16.5 Å². The molecule has 2 heterocycles. The first-order chi connectivity index (χ1) is 8.49. The number of rotatable bonds is 2. The minimum absolute atomic E-state index is 0.204. The van der Waals surface area contributed by atoms with Crippen LogP contribution in [0.15, 0.2) is 23.1 Å². The van der Waals surface area contributed by atoms with Gasteiger partial charge in [0.25, 0.3) is 5.91 Å². The van der Waals surface area contributed by atoms with Crippen molar-refractivity contribution in [3.8, 4) is 0 Å². The van der Waals surface area contributed by atoms with Gasteiger partial charge in [0, 0.05) is 12.7 Å². The lowest BCUT2D eigenvalue weighted by atomic mass is 10.3. The van der Waals surface area contributed by atoms with Crippen LogP contribution in [0.2, 0.25) is 0 Å². The molecule has 94 valence electrons. The van der Waals surface area contributed by atoms with Crippen LogP contribution in [-0.4, -0.2) is 15.5 Å². The highest BCUT2D eigenvalue weighted by atomic mass is 32.1. The molecular weight excluding hydrogens is 257 g/mol. The van der Waals surface area contributed by atoms with Crippen molar-refractivity contribution in [3.63, 3.8) is 0 Å². The van der Waals surface area contributed by atoms with Crippen molar-refractivity contribution in [2.75, 3.05) is 5.32 Å². The molecular formula is C11H10FN3O2S. The Bertz CT molecular complexity index is 645. The van der Waals surface area contributed by atoms with Crippen LogP contribution in [0, 0.1) is 12.7 Å². The number of thiazole rings is 1. The zero-order valence-corrected chi connectivity index (χ0v) is 10.5. The third-order valence-electron chi connectivity index (χ3n) is 2.47. The Kier molecular flexibility index (Phi) is 3.24. The molecule has 0 spiro atoms. The minimum Gasteiger partial charge on any atom is -0.306 e. The number of pyridine rings is 1. The average Bonchev–Trinajstić information content (AvgIpc) is 2.60. The van der Waals surface area contributed by atoms with E-state index in [0.29, 0.717) is 10.6 Å². The maximum Gasteiger partial charge on any atom is 0.307 e. The summed E-state index contributed by atoms with van der Waals surface area (Å²) in [6.07, 6.45) is 1.01. The summed E-state index contributed by atoms with van der Waals surface area (Å²) in [5.74, 6) is -0.660. The standard InChI is InChI=1S/C11H10FN3O2S/c1-6-9(18-11(17)15(6)2)10(16)14-8-4-3-7(12)5-13-8/h3-5H,1-2H3,(H,13,14,16). The summed E-state index contributed by atoms with van der Waals surface area (Å²) in [5.41, 5.74) is 0.588. The average molecular weight is 267 g/mol. The van der Waals surface area contributed by atoms with E-state index < -0.39 is 11.7 Å². The lowest BCUT2D eigenvalue weighted by molar-refractivity contribution is 0.102. The van der Waals surface area contributed by atoms with E-state index in [1.165, 1.54) is 16.7 Å². The predicted molar refractivity (Wildman–Crippen MR) is 66.4 cm³/mol. The molecule has 0 aromatic carbocycles. The Morgan fingerprint density at radius 3 is 2.72 bits per heavy atom. The highest BCUT2D eigenvalue weighted by Crippen LogP contribution is 2.13. The molecule has 0 saturated heterocycles. The number of carbonyl (C=O) groups is 1. The highest BCUT2D eigenvalue weighted by Gasteiger charge is 2.16. The number of anilines is 1. The van der Waals surface area contributed by atoms with Gasteiger partial charge in [-0.1, -0.05) is 11.3 Å². The zero-order chi connectivity index (χ0) is 13.3. The maximum atomic E-state index is 12.6. The minimum atomic E-state index is -0.478. The zero-order valence-electron chi connectivity index (χ0n) is 9.73. The van der Waals surface area contributed by atoms with Crippen molar-refractivity contribution in [1.29, 1.82) is 0 Å². The van der Waals surface area contributed by atoms with Gasteiger partial charge >= 0.3 is 4.87 Å². The fourth-order valence-corrected chi connectivity index (χ4v) is 2.23. The van der Waals surface area contributed by atoms with E-state index in [2.05, 4.69) is 10.3 Å². The second kappa shape index (κ2) is 4.69. The summed E-state index contributed by atoms with van der Waals surface area (Å²) in [6.45, 7) is 1.69. The molecule has 5 nitrogen and oxygen atoms in total. The lowest BCUT2D eigenvalue weighted by Gasteiger charge is -2.03. The Morgan fingerprint density at radius 2 is 2.22 bits per heavy atom. The van der Waals surface area contributed by atoms with E-state index in [0.717, 1.165) is 17.5 Å². The molecule has 0 aliphatic carbocycles. The van der Waals surface area contributed by atoms with Crippen molar-refractivity contribution in [2.45, 2.75) is 6.92 Å². The van der Waals surface area contributed by atoms with E-state index in [4.69, 9.17) is 0 Å². The quantitative estimate of drug-likeness (QED) is 0.897. The van der Waals surface area contributed by atoms with Crippen LogP contribution in [0.5, 0.6) is 0 Å². The van der Waals surface area contributed by atoms with Gasteiger partial charge < -0.3 is 9.88 Å². The molecule has 1 amide bonds. The van der Waals surface area contributed by atoms with Gasteiger partial charge in [-0.05, 0) is 19.1 Å². The predicted octanol–water partition coefficient (Wildman–Crippen LogP) is 1.54. The molecule has 7 heteroatoms. The molecule has 0 aliphatic heterocycles. The van der Waals surface area contributed by atoms with Crippen LogP contribution in [0.1, 0.15) is 15.4 Å². The smallest absolute Gasteiger partial charge is 0.306 e. The molecule has 2 aromatic heterocycles. The fourth-order valence-electron chi connectivity index (χ4n) is 1.35. The molecule has 0 unspecified atom stereocenters. The van der Waals surface area contributed by atoms with Crippen LogP contribution in [0.4, 0.5) is 10.2 Å². The van der Waals surface area contributed by atoms with Gasteiger partial charge in [-0.25, -0.2) is 9.37 Å². The Labute approximate surface area is 106 Å². The number of hydrogen-bond acceptors (Lipinski definition) is 4. The molecule has 2 aromatic rings. The van der Waals surface area contributed by atoms with Crippen molar-refractivity contribution in [3.05, 3.63) is 44.4 Å². The Balaban J connectivity index is 2.24. The first kappa shape index (κ1) is 12.4. The molecule has 2 rings (SSSR count). The van der Waals surface area contributed by atoms with Crippen molar-refractivity contribution < 1.29 is 9.18 Å². The van der Waals surface area contributed by atoms with Crippen molar-refractivity contribution in [2.24, 2.45) is 7.05 Å². The van der Waals surface area contributed by atoms with E-state index in [1.807, 2.05) is 0 Å². The molecule has 1 N–H and O–H groups in total. The number of amides is 1. The molecule has 0 radical (unpaired) electrons. The molecule has 0 saturated carbocycles. The number of aromatic nitrogens is 2. The molecule has 0 atom stereocenters. The normalized spacial score (nSPS) is 10.4. The first-order valence-electron chi connectivity index (χ1n) is 5.08. The molecule has 18 heavy (non-hydrogen) atoms. The second-order valence-corrected chi connectivity index (χ2v) is 4.62. The molecule has 0 fully saturated rings. The van der Waals surface area contributed by atoms with Crippen molar-refractivity contribution in [1.82, 2.24) is 9.55 Å². The monoisotopic (exact) mass is 267 g/mol. The van der Waals surface area contributed by atoms with Crippen LogP contribution in [0.3, 0.4) is 0 Å². The number of carbonyl (C=O) groups excluding carboxylic acids is 1. The fraction of sp³-hybridized carbons (Fsp3) is 0.182. The van der Waals surface area contributed by atoms with E-state index in [-0.39, 0.29) is 10.7 Å². The third-order valence-corrected chi connectivity index (χ3v) is 3.60. The Morgan fingerprint density at radius 1 is 1.50 bits per heavy atom. The van der Waals surface area contributed by atoms with Gasteiger partial charge in [-0.2, -0.15) is 0 Å². The summed E-state index contributed by atoms with van der Waals surface area (Å²) in [7, 11) is 1.60. The molecule has 0 bridgehead atoms. The summed E-state index contributed by atoms with van der Waals surface area (Å²) < 4.78 is 14.1. The topological polar surface area (TPSA) is 64.0 Å². The number of halogens is 1. The highest BCUT2D eigenvalue weighted by molar-refractivity contribution is 7.11. The second-order valence-electron chi connectivity index (χ2n) is 3.66. The number of hydrogen-bond donors (Lipinski definition) is 1. The van der Waals surface area contributed by atoms with Gasteiger partial charge in [0.2, 0.25) is 0 Å². The molecule has 0 aliphatic rings. The maximum absolute atomic E-state index is 12.6. The van der Waals surface area contributed by atoms with Crippen LogP contribution in [0.25, 0.3) is 0 Å². The van der Waals surface area contributed by atoms with Crippen LogP contribution < -0.4 is 10.2 Å². The summed E-state index contributed by atoms with van der Waals surface area (Å²) in [4.78, 5) is 27.1. The van der Waals surface area contributed by atoms with E-state index >= 15 is 0 Å². The Hall–Kier alpha value is -2.02. The van der Waals surface area contributed by atoms with Gasteiger partial charge in [0.05, 0.1) is 6.20 Å². The SMILES string of the molecule is Cc1c(C(=O)Nc2ccc(F)cn2)sc(=O)n1C. The van der Waals surface area contributed by atoms with Crippen molar-refractivity contribution >= 4 is 23.1 Å². The first-order valence-corrected chi connectivity index (χ1v) is 5.90. The number of nitrogens with zero attached hydrogens (tertiary/aromatic N) is 2. The van der Waals surface area contributed by atoms with Crippen LogP contribution in [-0.2, 0) is 7.05 Å². The lowest BCUT2D eigenvalue weighted by Crippen LogP contribution is -2.13. The number of nitrogens with one attached hydrogen (secondary N) is 1.